The zero-order chi connectivity index (χ0) is 13.5. The summed E-state index contributed by atoms with van der Waals surface area (Å²) < 4.78 is 21.9. The van der Waals surface area contributed by atoms with Gasteiger partial charge in [0, 0.05) is 19.3 Å². The van der Waals surface area contributed by atoms with Crippen LogP contribution in [0.3, 0.4) is 0 Å². The second-order valence-corrected chi connectivity index (χ2v) is 7.49. The lowest BCUT2D eigenvalue weighted by Crippen LogP contribution is -2.45. The number of rotatable bonds is 8. The van der Waals surface area contributed by atoms with Crippen molar-refractivity contribution in [1.29, 1.82) is 0 Å². The van der Waals surface area contributed by atoms with Gasteiger partial charge in [-0.25, -0.2) is 8.42 Å². The first-order valence-corrected chi connectivity index (χ1v) is 7.77. The minimum Gasteiger partial charge on any atom is -0.355 e. The van der Waals surface area contributed by atoms with Gasteiger partial charge in [0.25, 0.3) is 0 Å². The van der Waals surface area contributed by atoms with Crippen LogP contribution in [0.25, 0.3) is 0 Å². The van der Waals surface area contributed by atoms with Crippen LogP contribution in [0, 0.1) is 0 Å². The monoisotopic (exact) mass is 264 g/mol. The van der Waals surface area contributed by atoms with Crippen molar-refractivity contribution in [3.8, 4) is 0 Å². The van der Waals surface area contributed by atoms with Crippen molar-refractivity contribution in [3.63, 3.8) is 0 Å². The molecule has 1 amide bonds. The highest BCUT2D eigenvalue weighted by Crippen LogP contribution is 2.12. The second kappa shape index (κ2) is 6.96. The molecule has 102 valence electrons. The van der Waals surface area contributed by atoms with Crippen LogP contribution in [0.5, 0.6) is 0 Å². The molecule has 6 heteroatoms. The molecule has 0 spiro atoms. The molecule has 0 aromatic heterocycles. The number of nitrogens with one attached hydrogen (secondary N) is 2. The molecule has 0 saturated carbocycles. The normalized spacial score (nSPS) is 12.5. The SMILES string of the molecule is CCCCNC(=O)CNCC(C)(C)S(C)(=O)=O. The van der Waals surface area contributed by atoms with Crippen molar-refractivity contribution >= 4 is 15.7 Å². The lowest BCUT2D eigenvalue weighted by atomic mass is 10.2. The predicted molar refractivity (Wildman–Crippen MR) is 69.7 cm³/mol. The number of carbonyl (C=O) groups excluding carboxylic acids is 1. The third-order valence-corrected chi connectivity index (χ3v) is 4.84. The van der Waals surface area contributed by atoms with E-state index in [9.17, 15) is 13.2 Å². The van der Waals surface area contributed by atoms with Crippen LogP contribution in [0.2, 0.25) is 0 Å². The number of amides is 1. The molecule has 0 saturated heterocycles. The minimum absolute atomic E-state index is 0.0947. The fourth-order valence-electron chi connectivity index (χ4n) is 1.08. The summed E-state index contributed by atoms with van der Waals surface area (Å²) in [6.07, 6.45) is 3.20. The minimum atomic E-state index is -3.12. The molecule has 0 heterocycles. The summed E-state index contributed by atoms with van der Waals surface area (Å²) in [6, 6.07) is 0. The van der Waals surface area contributed by atoms with Crippen molar-refractivity contribution in [1.82, 2.24) is 10.6 Å². The van der Waals surface area contributed by atoms with Gasteiger partial charge in [0.05, 0.1) is 11.3 Å². The Morgan fingerprint density at radius 1 is 1.29 bits per heavy atom. The summed E-state index contributed by atoms with van der Waals surface area (Å²) in [7, 11) is -3.12. The summed E-state index contributed by atoms with van der Waals surface area (Å²) in [5.74, 6) is -0.0947. The van der Waals surface area contributed by atoms with Crippen LogP contribution in [0.4, 0.5) is 0 Å². The Balaban J connectivity index is 3.88. The topological polar surface area (TPSA) is 75.3 Å². The lowest BCUT2D eigenvalue weighted by Gasteiger charge is -2.22. The molecular weight excluding hydrogens is 240 g/mol. The van der Waals surface area contributed by atoms with Crippen molar-refractivity contribution in [2.45, 2.75) is 38.4 Å². The van der Waals surface area contributed by atoms with Crippen LogP contribution >= 0.6 is 0 Å². The standard InChI is InChI=1S/C11H24N2O3S/c1-5-6-7-13-10(14)8-12-9-11(2,3)17(4,15)16/h12H,5-9H2,1-4H3,(H,13,14). The molecule has 0 aromatic rings. The van der Waals surface area contributed by atoms with Crippen LogP contribution in [0.15, 0.2) is 0 Å². The van der Waals surface area contributed by atoms with Gasteiger partial charge in [0.2, 0.25) is 5.91 Å². The zero-order valence-corrected chi connectivity index (χ0v) is 12.0. The molecule has 0 aliphatic rings. The van der Waals surface area contributed by atoms with Gasteiger partial charge in [-0.1, -0.05) is 13.3 Å². The van der Waals surface area contributed by atoms with Crippen molar-refractivity contribution in [2.24, 2.45) is 0 Å². The Morgan fingerprint density at radius 3 is 2.35 bits per heavy atom. The molecule has 0 radical (unpaired) electrons. The molecule has 0 unspecified atom stereocenters. The Morgan fingerprint density at radius 2 is 1.88 bits per heavy atom. The van der Waals surface area contributed by atoms with Gasteiger partial charge in [-0.15, -0.1) is 0 Å². The van der Waals surface area contributed by atoms with E-state index in [0.717, 1.165) is 12.8 Å². The zero-order valence-electron chi connectivity index (χ0n) is 11.2. The third-order valence-electron chi connectivity index (χ3n) is 2.69. The summed E-state index contributed by atoms with van der Waals surface area (Å²) in [5, 5.41) is 5.63. The van der Waals surface area contributed by atoms with E-state index in [1.807, 2.05) is 0 Å². The molecule has 0 aliphatic carbocycles. The number of carbonyl (C=O) groups is 1. The highest BCUT2D eigenvalue weighted by Gasteiger charge is 2.29. The van der Waals surface area contributed by atoms with Crippen LogP contribution < -0.4 is 10.6 Å². The molecule has 5 nitrogen and oxygen atoms in total. The Labute approximate surface area is 104 Å². The van der Waals surface area contributed by atoms with Gasteiger partial charge in [-0.2, -0.15) is 0 Å². The fraction of sp³-hybridized carbons (Fsp3) is 0.909. The van der Waals surface area contributed by atoms with E-state index in [1.54, 1.807) is 13.8 Å². The molecule has 0 aromatic carbocycles. The molecule has 0 rings (SSSR count). The van der Waals surface area contributed by atoms with Gasteiger partial charge in [0.1, 0.15) is 0 Å². The van der Waals surface area contributed by atoms with Gasteiger partial charge >= 0.3 is 0 Å². The van der Waals surface area contributed by atoms with Gasteiger partial charge < -0.3 is 10.6 Å². The van der Waals surface area contributed by atoms with Crippen molar-refractivity contribution in [2.75, 3.05) is 25.9 Å². The summed E-state index contributed by atoms with van der Waals surface area (Å²) in [4.78, 5) is 11.3. The molecule has 2 N–H and O–H groups in total. The maximum absolute atomic E-state index is 11.4. The molecule has 17 heavy (non-hydrogen) atoms. The summed E-state index contributed by atoms with van der Waals surface area (Å²) >= 11 is 0. The molecule has 0 atom stereocenters. The first-order valence-electron chi connectivity index (χ1n) is 5.87. The Bertz CT molecular complexity index is 337. The highest BCUT2D eigenvalue weighted by atomic mass is 32.2. The van der Waals surface area contributed by atoms with Crippen LogP contribution in [0.1, 0.15) is 33.6 Å². The van der Waals surface area contributed by atoms with Crippen LogP contribution in [-0.4, -0.2) is 45.0 Å². The van der Waals surface area contributed by atoms with E-state index in [1.165, 1.54) is 6.26 Å². The van der Waals surface area contributed by atoms with E-state index in [0.29, 0.717) is 6.54 Å². The molecule has 0 aliphatic heterocycles. The largest absolute Gasteiger partial charge is 0.355 e. The average Bonchev–Trinajstić information content (AvgIpc) is 2.16. The molecular formula is C11H24N2O3S. The van der Waals surface area contributed by atoms with E-state index >= 15 is 0 Å². The number of sulfone groups is 1. The fourth-order valence-corrected chi connectivity index (χ4v) is 1.44. The van der Waals surface area contributed by atoms with E-state index in [2.05, 4.69) is 17.6 Å². The maximum atomic E-state index is 11.4. The van der Waals surface area contributed by atoms with Gasteiger partial charge in [0.15, 0.2) is 9.84 Å². The van der Waals surface area contributed by atoms with Gasteiger partial charge in [-0.05, 0) is 20.3 Å². The maximum Gasteiger partial charge on any atom is 0.233 e. The second-order valence-electron chi connectivity index (χ2n) is 4.84. The Hall–Kier alpha value is -0.620. The smallest absolute Gasteiger partial charge is 0.233 e. The van der Waals surface area contributed by atoms with Crippen molar-refractivity contribution < 1.29 is 13.2 Å². The van der Waals surface area contributed by atoms with E-state index < -0.39 is 14.6 Å². The molecule has 0 bridgehead atoms. The number of unbranched alkanes of at least 4 members (excludes halogenated alkanes) is 1. The lowest BCUT2D eigenvalue weighted by molar-refractivity contribution is -0.120. The third kappa shape index (κ3) is 6.63. The first kappa shape index (κ1) is 16.4. The van der Waals surface area contributed by atoms with Crippen molar-refractivity contribution in [3.05, 3.63) is 0 Å². The van der Waals surface area contributed by atoms with E-state index in [4.69, 9.17) is 0 Å². The number of hydrogen-bond donors (Lipinski definition) is 2. The predicted octanol–water partition coefficient (Wildman–Crippen LogP) is 0.316. The quantitative estimate of drug-likeness (QED) is 0.619. The highest BCUT2D eigenvalue weighted by molar-refractivity contribution is 7.92. The van der Waals surface area contributed by atoms with Gasteiger partial charge in [-0.3, -0.25) is 4.79 Å². The van der Waals surface area contributed by atoms with E-state index in [-0.39, 0.29) is 19.0 Å². The summed E-state index contributed by atoms with van der Waals surface area (Å²) in [6.45, 7) is 6.44. The average molecular weight is 264 g/mol. The first-order chi connectivity index (χ1) is 7.70. The van der Waals surface area contributed by atoms with Crippen LogP contribution in [-0.2, 0) is 14.6 Å². The number of hydrogen-bond acceptors (Lipinski definition) is 4. The molecule has 0 fully saturated rings. The Kier molecular flexibility index (Phi) is 6.70. The summed E-state index contributed by atoms with van der Waals surface area (Å²) in [5.41, 5.74) is 0.